The minimum Gasteiger partial charge on any atom is -0.508 e. The largest absolute Gasteiger partial charge is 0.508 e. The maximum absolute atomic E-state index is 12.4. The van der Waals surface area contributed by atoms with Crippen molar-refractivity contribution < 1.29 is 9.90 Å². The first kappa shape index (κ1) is 15.7. The number of phenols is 1. The Morgan fingerprint density at radius 3 is 2.48 bits per heavy atom. The first-order chi connectivity index (χ1) is 10.1. The van der Waals surface area contributed by atoms with Gasteiger partial charge < -0.3 is 10.4 Å². The molecule has 0 atom stereocenters. The van der Waals surface area contributed by atoms with Crippen LogP contribution in [0.2, 0.25) is 5.02 Å². The molecule has 0 spiro atoms. The third-order valence-corrected chi connectivity index (χ3v) is 4.30. The molecule has 1 amide bonds. The number of carbonyl (C=O) groups excluding carboxylic acids is 1. The Bertz CT molecular complexity index is 558. The van der Waals surface area contributed by atoms with Crippen LogP contribution in [0.3, 0.4) is 0 Å². The molecule has 1 aromatic rings. The number of halogens is 1. The number of aromatic hydroxyl groups is 1. The molecule has 2 rings (SSSR count). The average molecular weight is 307 g/mol. The molecule has 0 unspecified atom stereocenters. The molecule has 1 aromatic carbocycles. The second-order valence-electron chi connectivity index (χ2n) is 5.58. The summed E-state index contributed by atoms with van der Waals surface area (Å²) in [5.41, 5.74) is -0.625. The van der Waals surface area contributed by atoms with Gasteiger partial charge in [0.05, 0.1) is 16.7 Å². The molecule has 21 heavy (non-hydrogen) atoms. The summed E-state index contributed by atoms with van der Waals surface area (Å²) in [6, 6.07) is 6.51. The lowest BCUT2D eigenvalue weighted by Crippen LogP contribution is -2.47. The molecule has 0 aromatic heterocycles. The van der Waals surface area contributed by atoms with Crippen LogP contribution in [0.15, 0.2) is 18.2 Å². The summed E-state index contributed by atoms with van der Waals surface area (Å²) in [5.74, 6) is -0.425. The Hall–Kier alpha value is -1.73. The summed E-state index contributed by atoms with van der Waals surface area (Å²) >= 11 is 6.00. The Labute approximate surface area is 129 Å². The van der Waals surface area contributed by atoms with Gasteiger partial charge in [-0.05, 0) is 31.0 Å². The zero-order chi connectivity index (χ0) is 15.3. The lowest BCUT2D eigenvalue weighted by molar-refractivity contribution is 0.0907. The SMILES string of the molecule is N#CC1(NC(=O)c2cc(O)ccc2Cl)CCCCCCC1. The van der Waals surface area contributed by atoms with E-state index in [4.69, 9.17) is 11.6 Å². The second kappa shape index (κ2) is 6.82. The third kappa shape index (κ3) is 3.89. The predicted molar refractivity (Wildman–Crippen MR) is 81.2 cm³/mol. The van der Waals surface area contributed by atoms with E-state index in [9.17, 15) is 15.2 Å². The normalized spacial score (nSPS) is 18.1. The van der Waals surface area contributed by atoms with E-state index in [1.807, 2.05) is 0 Å². The number of rotatable bonds is 2. The van der Waals surface area contributed by atoms with E-state index >= 15 is 0 Å². The quantitative estimate of drug-likeness (QED) is 0.873. The fraction of sp³-hybridized carbons (Fsp3) is 0.500. The number of carbonyl (C=O) groups is 1. The Morgan fingerprint density at radius 2 is 1.86 bits per heavy atom. The van der Waals surface area contributed by atoms with Crippen molar-refractivity contribution in [3.63, 3.8) is 0 Å². The Kier molecular flexibility index (Phi) is 5.08. The highest BCUT2D eigenvalue weighted by atomic mass is 35.5. The minimum absolute atomic E-state index is 0.0202. The van der Waals surface area contributed by atoms with Gasteiger partial charge in [-0.3, -0.25) is 4.79 Å². The van der Waals surface area contributed by atoms with Crippen molar-refractivity contribution in [2.45, 2.75) is 50.5 Å². The number of nitrogens with zero attached hydrogens (tertiary/aromatic N) is 1. The van der Waals surface area contributed by atoms with Gasteiger partial charge in [0.2, 0.25) is 0 Å². The van der Waals surface area contributed by atoms with Crippen LogP contribution >= 0.6 is 11.6 Å². The summed E-state index contributed by atoms with van der Waals surface area (Å²) in [6.07, 6.45) is 6.55. The van der Waals surface area contributed by atoms with Crippen LogP contribution in [-0.4, -0.2) is 16.6 Å². The summed E-state index contributed by atoms with van der Waals surface area (Å²) in [7, 11) is 0. The number of amides is 1. The molecule has 5 heteroatoms. The fourth-order valence-electron chi connectivity index (χ4n) is 2.75. The zero-order valence-electron chi connectivity index (χ0n) is 11.9. The zero-order valence-corrected chi connectivity index (χ0v) is 12.6. The lowest BCUT2D eigenvalue weighted by atomic mass is 9.85. The summed E-state index contributed by atoms with van der Waals surface area (Å²) in [6.45, 7) is 0. The van der Waals surface area contributed by atoms with Gasteiger partial charge in [0.1, 0.15) is 11.3 Å². The second-order valence-corrected chi connectivity index (χ2v) is 5.99. The monoisotopic (exact) mass is 306 g/mol. The first-order valence-electron chi connectivity index (χ1n) is 7.29. The summed E-state index contributed by atoms with van der Waals surface area (Å²) in [5, 5.41) is 22.1. The third-order valence-electron chi connectivity index (χ3n) is 3.97. The van der Waals surface area contributed by atoms with Crippen LogP contribution in [-0.2, 0) is 0 Å². The number of benzene rings is 1. The van der Waals surface area contributed by atoms with Crippen molar-refractivity contribution in [2.75, 3.05) is 0 Å². The van der Waals surface area contributed by atoms with Crippen LogP contribution in [0.25, 0.3) is 0 Å². The van der Waals surface area contributed by atoms with Crippen molar-refractivity contribution >= 4 is 17.5 Å². The van der Waals surface area contributed by atoms with Gasteiger partial charge in [0, 0.05) is 0 Å². The van der Waals surface area contributed by atoms with E-state index in [0.29, 0.717) is 12.8 Å². The molecule has 0 saturated heterocycles. The molecule has 0 bridgehead atoms. The lowest BCUT2D eigenvalue weighted by Gasteiger charge is -2.29. The number of hydrogen-bond donors (Lipinski definition) is 2. The van der Waals surface area contributed by atoms with Gasteiger partial charge >= 0.3 is 0 Å². The van der Waals surface area contributed by atoms with Crippen LogP contribution in [0.4, 0.5) is 0 Å². The van der Waals surface area contributed by atoms with E-state index in [1.165, 1.54) is 24.6 Å². The smallest absolute Gasteiger partial charge is 0.254 e. The van der Waals surface area contributed by atoms with E-state index in [0.717, 1.165) is 25.7 Å². The van der Waals surface area contributed by atoms with Crippen molar-refractivity contribution in [1.82, 2.24) is 5.32 Å². The van der Waals surface area contributed by atoms with Crippen molar-refractivity contribution in [3.05, 3.63) is 28.8 Å². The van der Waals surface area contributed by atoms with Crippen LogP contribution < -0.4 is 5.32 Å². The molecule has 1 fully saturated rings. The van der Waals surface area contributed by atoms with Crippen molar-refractivity contribution in [3.8, 4) is 11.8 Å². The molecule has 1 saturated carbocycles. The number of nitrogens with one attached hydrogen (secondary N) is 1. The molecule has 4 nitrogen and oxygen atoms in total. The van der Waals surface area contributed by atoms with Crippen molar-refractivity contribution in [1.29, 1.82) is 5.26 Å². The molecular weight excluding hydrogens is 288 g/mol. The minimum atomic E-state index is -0.827. The van der Waals surface area contributed by atoms with Gasteiger partial charge in [-0.25, -0.2) is 0 Å². The number of nitriles is 1. The fourth-order valence-corrected chi connectivity index (χ4v) is 2.95. The molecule has 1 aliphatic carbocycles. The molecule has 0 radical (unpaired) electrons. The number of phenolic OH excluding ortho intramolecular Hbond substituents is 1. The highest BCUT2D eigenvalue weighted by molar-refractivity contribution is 6.33. The highest BCUT2D eigenvalue weighted by Gasteiger charge is 2.32. The average Bonchev–Trinajstić information content (AvgIpc) is 2.44. The summed E-state index contributed by atoms with van der Waals surface area (Å²) < 4.78 is 0. The van der Waals surface area contributed by atoms with E-state index in [1.54, 1.807) is 0 Å². The van der Waals surface area contributed by atoms with E-state index in [-0.39, 0.29) is 16.3 Å². The first-order valence-corrected chi connectivity index (χ1v) is 7.66. The molecular formula is C16H19ClN2O2. The summed E-state index contributed by atoms with van der Waals surface area (Å²) in [4.78, 5) is 12.4. The topological polar surface area (TPSA) is 73.1 Å². The Balaban J connectivity index is 2.18. The van der Waals surface area contributed by atoms with Crippen molar-refractivity contribution in [2.24, 2.45) is 0 Å². The number of hydrogen-bond acceptors (Lipinski definition) is 3. The highest BCUT2D eigenvalue weighted by Crippen LogP contribution is 2.27. The van der Waals surface area contributed by atoms with E-state index < -0.39 is 11.4 Å². The van der Waals surface area contributed by atoms with Gasteiger partial charge in [0.15, 0.2) is 0 Å². The van der Waals surface area contributed by atoms with Gasteiger partial charge in [-0.15, -0.1) is 0 Å². The maximum atomic E-state index is 12.4. The van der Waals surface area contributed by atoms with Crippen LogP contribution in [0, 0.1) is 11.3 Å². The van der Waals surface area contributed by atoms with Crippen LogP contribution in [0.1, 0.15) is 55.3 Å². The Morgan fingerprint density at radius 1 is 1.24 bits per heavy atom. The molecule has 2 N–H and O–H groups in total. The molecule has 112 valence electrons. The van der Waals surface area contributed by atoms with Gasteiger partial charge in [-0.1, -0.05) is 43.7 Å². The molecule has 0 heterocycles. The standard InChI is InChI=1S/C16H19ClN2O2/c17-14-7-6-12(20)10-13(14)15(21)19-16(11-18)8-4-2-1-3-5-9-16/h6-7,10,20H,1-5,8-9H2,(H,19,21). The van der Waals surface area contributed by atoms with Crippen LogP contribution in [0.5, 0.6) is 5.75 Å². The van der Waals surface area contributed by atoms with Gasteiger partial charge in [-0.2, -0.15) is 5.26 Å². The molecule has 1 aliphatic rings. The van der Waals surface area contributed by atoms with Gasteiger partial charge in [0.25, 0.3) is 5.91 Å². The maximum Gasteiger partial charge on any atom is 0.254 e. The predicted octanol–water partition coefficient (Wildman–Crippen LogP) is 3.78. The van der Waals surface area contributed by atoms with E-state index in [2.05, 4.69) is 11.4 Å². The molecule has 0 aliphatic heterocycles.